The number of carbonyl (C=O) groups excluding carboxylic acids is 2. The van der Waals surface area contributed by atoms with E-state index in [9.17, 15) is 14.0 Å². The minimum absolute atomic E-state index is 0.0152. The first-order valence-corrected chi connectivity index (χ1v) is 5.33. The summed E-state index contributed by atoms with van der Waals surface area (Å²) in [5, 5.41) is 0. The Kier molecular flexibility index (Phi) is 4.25. The summed E-state index contributed by atoms with van der Waals surface area (Å²) in [4.78, 5) is 26.0. The zero-order chi connectivity index (χ0) is 13.9. The molecule has 2 amide bonds. The maximum atomic E-state index is 13.2. The summed E-state index contributed by atoms with van der Waals surface area (Å²) in [6.07, 6.45) is 0. The average molecular weight is 253 g/mol. The van der Waals surface area contributed by atoms with E-state index in [1.54, 1.807) is 14.1 Å². The van der Waals surface area contributed by atoms with E-state index in [1.807, 2.05) is 0 Å². The molecule has 1 rings (SSSR count). The van der Waals surface area contributed by atoms with Crippen LogP contribution in [0.3, 0.4) is 0 Å². The summed E-state index contributed by atoms with van der Waals surface area (Å²) >= 11 is 0. The van der Waals surface area contributed by atoms with Gasteiger partial charge in [-0.3, -0.25) is 9.59 Å². The van der Waals surface area contributed by atoms with Crippen molar-refractivity contribution >= 4 is 17.5 Å². The first-order valence-electron chi connectivity index (χ1n) is 5.33. The Morgan fingerprint density at radius 2 is 1.89 bits per heavy atom. The van der Waals surface area contributed by atoms with Gasteiger partial charge >= 0.3 is 0 Å². The topological polar surface area (TPSA) is 66.6 Å². The maximum Gasteiger partial charge on any atom is 0.254 e. The lowest BCUT2D eigenvalue weighted by Gasteiger charge is -2.19. The van der Waals surface area contributed by atoms with Crippen LogP contribution in [0.1, 0.15) is 10.4 Å². The fraction of sp³-hybridized carbons (Fsp3) is 0.333. The molecule has 0 heterocycles. The summed E-state index contributed by atoms with van der Waals surface area (Å²) in [5.74, 6) is -1.28. The summed E-state index contributed by atoms with van der Waals surface area (Å²) in [6, 6.07) is 3.82. The van der Waals surface area contributed by atoms with E-state index in [1.165, 1.54) is 29.0 Å². The van der Waals surface area contributed by atoms with Crippen molar-refractivity contribution in [3.63, 3.8) is 0 Å². The predicted octanol–water partition coefficient (Wildman–Crippen LogP) is 0.568. The predicted molar refractivity (Wildman–Crippen MR) is 66.5 cm³/mol. The van der Waals surface area contributed by atoms with Gasteiger partial charge in [-0.25, -0.2) is 4.39 Å². The highest BCUT2D eigenvalue weighted by Gasteiger charge is 2.16. The standard InChI is InChI=1S/C12H16FN3O2/c1-15(2)11(17)7-16(3)12(18)8-4-5-10(14)9(13)6-8/h4-6H,7,14H2,1-3H3. The summed E-state index contributed by atoms with van der Waals surface area (Å²) in [5.41, 5.74) is 5.47. The van der Waals surface area contributed by atoms with Crippen LogP contribution in [0.4, 0.5) is 10.1 Å². The molecular formula is C12H16FN3O2. The first-order chi connectivity index (χ1) is 8.32. The lowest BCUT2D eigenvalue weighted by atomic mass is 10.1. The Labute approximate surface area is 105 Å². The van der Waals surface area contributed by atoms with Gasteiger partial charge in [0, 0.05) is 26.7 Å². The van der Waals surface area contributed by atoms with Crippen LogP contribution in [0.2, 0.25) is 0 Å². The third kappa shape index (κ3) is 3.19. The largest absolute Gasteiger partial charge is 0.396 e. The van der Waals surface area contributed by atoms with Crippen molar-refractivity contribution in [1.82, 2.24) is 9.80 Å². The van der Waals surface area contributed by atoms with Gasteiger partial charge in [0.25, 0.3) is 5.91 Å². The van der Waals surface area contributed by atoms with E-state index in [-0.39, 0.29) is 23.7 Å². The van der Waals surface area contributed by atoms with Gasteiger partial charge in [0.2, 0.25) is 5.91 Å². The van der Waals surface area contributed by atoms with Crippen molar-refractivity contribution in [2.75, 3.05) is 33.4 Å². The van der Waals surface area contributed by atoms with Crippen molar-refractivity contribution in [2.45, 2.75) is 0 Å². The van der Waals surface area contributed by atoms with Crippen molar-refractivity contribution in [1.29, 1.82) is 0 Å². The monoisotopic (exact) mass is 253 g/mol. The number of hydrogen-bond donors (Lipinski definition) is 1. The molecule has 2 N–H and O–H groups in total. The Morgan fingerprint density at radius 3 is 2.39 bits per heavy atom. The quantitative estimate of drug-likeness (QED) is 0.801. The van der Waals surface area contributed by atoms with Gasteiger partial charge in [-0.1, -0.05) is 0 Å². The molecule has 0 aliphatic rings. The van der Waals surface area contributed by atoms with E-state index in [0.29, 0.717) is 0 Å². The Hall–Kier alpha value is -2.11. The molecule has 98 valence electrons. The molecule has 1 aromatic carbocycles. The number of benzene rings is 1. The second-order valence-corrected chi connectivity index (χ2v) is 4.19. The number of likely N-dealkylation sites (N-methyl/N-ethyl adjacent to an activating group) is 2. The van der Waals surface area contributed by atoms with Crippen LogP contribution in [0.15, 0.2) is 18.2 Å². The van der Waals surface area contributed by atoms with Crippen LogP contribution < -0.4 is 5.73 Å². The fourth-order valence-corrected chi connectivity index (χ4v) is 1.30. The van der Waals surface area contributed by atoms with Gasteiger partial charge < -0.3 is 15.5 Å². The molecule has 0 saturated carbocycles. The SMILES string of the molecule is CN(C)C(=O)CN(C)C(=O)c1ccc(N)c(F)c1. The number of nitrogen functional groups attached to an aromatic ring is 1. The molecule has 0 fully saturated rings. The van der Waals surface area contributed by atoms with Crippen LogP contribution in [-0.4, -0.2) is 49.3 Å². The minimum atomic E-state index is -0.645. The van der Waals surface area contributed by atoms with Gasteiger partial charge in [-0.15, -0.1) is 0 Å². The van der Waals surface area contributed by atoms with Crippen LogP contribution in [0.25, 0.3) is 0 Å². The van der Waals surface area contributed by atoms with Crippen molar-refractivity contribution in [2.24, 2.45) is 0 Å². The van der Waals surface area contributed by atoms with Gasteiger partial charge in [0.1, 0.15) is 5.82 Å². The van der Waals surface area contributed by atoms with Crippen molar-refractivity contribution in [3.05, 3.63) is 29.6 Å². The van der Waals surface area contributed by atoms with Crippen LogP contribution >= 0.6 is 0 Å². The Balaban J connectivity index is 2.80. The van der Waals surface area contributed by atoms with E-state index in [0.717, 1.165) is 6.07 Å². The van der Waals surface area contributed by atoms with Crippen molar-refractivity contribution < 1.29 is 14.0 Å². The van der Waals surface area contributed by atoms with Crippen LogP contribution in [0, 0.1) is 5.82 Å². The van der Waals surface area contributed by atoms with Gasteiger partial charge in [-0.05, 0) is 18.2 Å². The molecule has 6 heteroatoms. The maximum absolute atomic E-state index is 13.2. The zero-order valence-electron chi connectivity index (χ0n) is 10.6. The highest BCUT2D eigenvalue weighted by Crippen LogP contribution is 2.13. The van der Waals surface area contributed by atoms with E-state index in [2.05, 4.69) is 0 Å². The number of carbonyl (C=O) groups is 2. The highest BCUT2D eigenvalue weighted by atomic mass is 19.1. The molecule has 0 atom stereocenters. The number of rotatable bonds is 3. The molecule has 0 aliphatic heterocycles. The lowest BCUT2D eigenvalue weighted by Crippen LogP contribution is -2.37. The Bertz CT molecular complexity index is 474. The van der Waals surface area contributed by atoms with E-state index in [4.69, 9.17) is 5.73 Å². The molecule has 0 saturated heterocycles. The Morgan fingerprint density at radius 1 is 1.28 bits per heavy atom. The highest BCUT2D eigenvalue weighted by molar-refractivity contribution is 5.96. The number of nitrogens with two attached hydrogens (primary N) is 1. The molecule has 0 bridgehead atoms. The third-order valence-corrected chi connectivity index (χ3v) is 2.47. The molecule has 0 spiro atoms. The van der Waals surface area contributed by atoms with Gasteiger partial charge in [-0.2, -0.15) is 0 Å². The molecule has 0 aromatic heterocycles. The van der Waals surface area contributed by atoms with Gasteiger partial charge in [0.05, 0.1) is 12.2 Å². The van der Waals surface area contributed by atoms with Crippen LogP contribution in [0.5, 0.6) is 0 Å². The van der Waals surface area contributed by atoms with E-state index >= 15 is 0 Å². The number of hydrogen-bond acceptors (Lipinski definition) is 3. The molecule has 0 radical (unpaired) electrons. The number of halogens is 1. The number of amides is 2. The third-order valence-electron chi connectivity index (χ3n) is 2.47. The molecular weight excluding hydrogens is 237 g/mol. The smallest absolute Gasteiger partial charge is 0.254 e. The summed E-state index contributed by atoms with van der Waals surface area (Å²) < 4.78 is 13.2. The number of anilines is 1. The molecule has 5 nitrogen and oxygen atoms in total. The minimum Gasteiger partial charge on any atom is -0.396 e. The first kappa shape index (κ1) is 14.0. The van der Waals surface area contributed by atoms with E-state index < -0.39 is 11.7 Å². The number of nitrogens with zero attached hydrogens (tertiary/aromatic N) is 2. The zero-order valence-corrected chi connectivity index (χ0v) is 10.6. The molecule has 0 aliphatic carbocycles. The molecule has 0 unspecified atom stereocenters. The van der Waals surface area contributed by atoms with Crippen LogP contribution in [-0.2, 0) is 4.79 Å². The van der Waals surface area contributed by atoms with Gasteiger partial charge in [0.15, 0.2) is 0 Å². The van der Waals surface area contributed by atoms with Crippen molar-refractivity contribution in [3.8, 4) is 0 Å². The second kappa shape index (κ2) is 5.48. The average Bonchev–Trinajstić information content (AvgIpc) is 2.31. The normalized spacial score (nSPS) is 10.0. The molecule has 18 heavy (non-hydrogen) atoms. The second-order valence-electron chi connectivity index (χ2n) is 4.19. The molecule has 1 aromatic rings. The summed E-state index contributed by atoms with van der Waals surface area (Å²) in [7, 11) is 4.69. The summed E-state index contributed by atoms with van der Waals surface area (Å²) in [6.45, 7) is -0.0577. The fourth-order valence-electron chi connectivity index (χ4n) is 1.30. The lowest BCUT2D eigenvalue weighted by molar-refractivity contribution is -0.129.